The third-order valence-electron chi connectivity index (χ3n) is 3.29. The van der Waals surface area contributed by atoms with Gasteiger partial charge in [-0.25, -0.2) is 4.79 Å². The minimum atomic E-state index is -0.325. The average molecular weight is 325 g/mol. The molecule has 0 aliphatic heterocycles. The van der Waals surface area contributed by atoms with Crippen LogP contribution in [-0.4, -0.2) is 19.2 Å². The van der Waals surface area contributed by atoms with E-state index in [0.29, 0.717) is 19.8 Å². The third-order valence-corrected chi connectivity index (χ3v) is 3.29. The highest BCUT2D eigenvalue weighted by atomic mass is 16.5. The molecule has 24 heavy (non-hydrogen) atoms. The second kappa shape index (κ2) is 9.40. The minimum Gasteiger partial charge on any atom is -0.494 e. The van der Waals surface area contributed by atoms with E-state index in [1.54, 1.807) is 13.0 Å². The van der Waals surface area contributed by atoms with Gasteiger partial charge in [-0.05, 0) is 49.2 Å². The Morgan fingerprint density at radius 2 is 1.92 bits per heavy atom. The summed E-state index contributed by atoms with van der Waals surface area (Å²) >= 11 is 0. The van der Waals surface area contributed by atoms with Crippen LogP contribution in [0.2, 0.25) is 0 Å². The van der Waals surface area contributed by atoms with E-state index in [9.17, 15) is 4.79 Å². The van der Waals surface area contributed by atoms with Crippen molar-refractivity contribution in [2.45, 2.75) is 20.4 Å². The lowest BCUT2D eigenvalue weighted by Gasteiger charge is -2.09. The molecule has 0 aliphatic carbocycles. The normalized spacial score (nSPS) is 10.6. The molecule has 0 fully saturated rings. The molecule has 0 unspecified atom stereocenters. The molecule has 0 amide bonds. The van der Waals surface area contributed by atoms with Crippen molar-refractivity contribution in [3.63, 3.8) is 0 Å². The van der Waals surface area contributed by atoms with Crippen molar-refractivity contribution in [2.24, 2.45) is 0 Å². The molecule has 0 saturated heterocycles. The maximum absolute atomic E-state index is 11.4. The van der Waals surface area contributed by atoms with Crippen molar-refractivity contribution in [3.05, 3.63) is 65.7 Å². The number of hydrogen-bond acceptors (Lipinski definition) is 4. The molecule has 0 aliphatic rings. The topological polar surface area (TPSA) is 47.6 Å². The van der Waals surface area contributed by atoms with Crippen molar-refractivity contribution in [2.75, 3.05) is 18.5 Å². The molecule has 0 radical (unpaired) electrons. The maximum Gasteiger partial charge on any atom is 0.330 e. The van der Waals surface area contributed by atoms with Gasteiger partial charge in [-0.1, -0.05) is 24.3 Å². The standard InChI is InChI=1S/C20H23NO3/c1-3-23-19-10-6-9-18(14-19)21-15-17-8-5-7-16(13-17)11-12-20(22)24-4-2/h5-14,21H,3-4,15H2,1-2H3/b12-11+. The van der Waals surface area contributed by atoms with Crippen LogP contribution in [0.4, 0.5) is 5.69 Å². The SMILES string of the molecule is CCOC(=O)/C=C/c1cccc(CNc2cccc(OCC)c2)c1. The van der Waals surface area contributed by atoms with Gasteiger partial charge in [0.25, 0.3) is 0 Å². The summed E-state index contributed by atoms with van der Waals surface area (Å²) < 4.78 is 10.4. The Hall–Kier alpha value is -2.75. The molecule has 0 spiro atoms. The van der Waals surface area contributed by atoms with E-state index in [0.717, 1.165) is 22.6 Å². The van der Waals surface area contributed by atoms with Crippen LogP contribution in [0.1, 0.15) is 25.0 Å². The molecule has 2 rings (SSSR count). The third kappa shape index (κ3) is 5.80. The predicted octanol–water partition coefficient (Wildman–Crippen LogP) is 4.27. The average Bonchev–Trinajstić information content (AvgIpc) is 2.60. The van der Waals surface area contributed by atoms with E-state index in [-0.39, 0.29) is 5.97 Å². The summed E-state index contributed by atoms with van der Waals surface area (Å²) in [5.74, 6) is 0.530. The molecule has 0 bridgehead atoms. The summed E-state index contributed by atoms with van der Waals surface area (Å²) in [6, 6.07) is 15.9. The monoisotopic (exact) mass is 325 g/mol. The molecule has 126 valence electrons. The summed E-state index contributed by atoms with van der Waals surface area (Å²) in [4.78, 5) is 11.4. The first-order valence-electron chi connectivity index (χ1n) is 8.11. The Morgan fingerprint density at radius 3 is 2.71 bits per heavy atom. The molecule has 4 nitrogen and oxygen atoms in total. The van der Waals surface area contributed by atoms with Crippen LogP contribution >= 0.6 is 0 Å². The fraction of sp³-hybridized carbons (Fsp3) is 0.250. The van der Waals surface area contributed by atoms with E-state index in [2.05, 4.69) is 5.32 Å². The van der Waals surface area contributed by atoms with Gasteiger partial charge in [-0.2, -0.15) is 0 Å². The molecule has 2 aromatic carbocycles. The second-order valence-electron chi connectivity index (χ2n) is 5.14. The summed E-state index contributed by atoms with van der Waals surface area (Å²) in [5.41, 5.74) is 3.10. The molecule has 0 aromatic heterocycles. The molecule has 0 heterocycles. The molecule has 0 atom stereocenters. The lowest BCUT2D eigenvalue weighted by molar-refractivity contribution is -0.137. The van der Waals surface area contributed by atoms with Crippen LogP contribution < -0.4 is 10.1 Å². The Morgan fingerprint density at radius 1 is 1.08 bits per heavy atom. The van der Waals surface area contributed by atoms with Crippen LogP contribution in [0.5, 0.6) is 5.75 Å². The van der Waals surface area contributed by atoms with Gasteiger partial charge >= 0.3 is 5.97 Å². The zero-order valence-electron chi connectivity index (χ0n) is 14.1. The van der Waals surface area contributed by atoms with Gasteiger partial charge in [0.15, 0.2) is 0 Å². The highest BCUT2D eigenvalue weighted by Crippen LogP contribution is 2.18. The van der Waals surface area contributed by atoms with E-state index in [4.69, 9.17) is 9.47 Å². The summed E-state index contributed by atoms with van der Waals surface area (Å²) in [7, 11) is 0. The molecule has 2 aromatic rings. The zero-order chi connectivity index (χ0) is 17.2. The number of nitrogens with one attached hydrogen (secondary N) is 1. The number of hydrogen-bond donors (Lipinski definition) is 1. The first-order chi connectivity index (χ1) is 11.7. The molecule has 0 saturated carbocycles. The van der Waals surface area contributed by atoms with E-state index >= 15 is 0 Å². The van der Waals surface area contributed by atoms with E-state index in [1.165, 1.54) is 6.08 Å². The number of benzene rings is 2. The van der Waals surface area contributed by atoms with Gasteiger partial charge in [0.05, 0.1) is 13.2 Å². The van der Waals surface area contributed by atoms with Crippen molar-refractivity contribution in [1.82, 2.24) is 0 Å². The second-order valence-corrected chi connectivity index (χ2v) is 5.14. The Kier molecular flexibility index (Phi) is 6.90. The number of carbonyl (C=O) groups is 1. The molecular weight excluding hydrogens is 302 g/mol. The van der Waals surface area contributed by atoms with E-state index in [1.807, 2.05) is 55.5 Å². The lowest BCUT2D eigenvalue weighted by Crippen LogP contribution is -2.00. The van der Waals surface area contributed by atoms with Crippen molar-refractivity contribution < 1.29 is 14.3 Å². The van der Waals surface area contributed by atoms with E-state index < -0.39 is 0 Å². The van der Waals surface area contributed by atoms with Crippen LogP contribution in [0, 0.1) is 0 Å². The minimum absolute atomic E-state index is 0.325. The maximum atomic E-state index is 11.4. The molecular formula is C20H23NO3. The smallest absolute Gasteiger partial charge is 0.330 e. The zero-order valence-corrected chi connectivity index (χ0v) is 14.1. The quantitative estimate of drug-likeness (QED) is 0.581. The van der Waals surface area contributed by atoms with Gasteiger partial charge in [-0.3, -0.25) is 0 Å². The van der Waals surface area contributed by atoms with Crippen LogP contribution in [0.25, 0.3) is 6.08 Å². The summed E-state index contributed by atoms with van der Waals surface area (Å²) in [6.45, 7) is 5.48. The van der Waals surface area contributed by atoms with Crippen LogP contribution in [0.3, 0.4) is 0 Å². The number of rotatable bonds is 8. The fourth-order valence-corrected chi connectivity index (χ4v) is 2.23. The highest BCUT2D eigenvalue weighted by Gasteiger charge is 1.99. The van der Waals surface area contributed by atoms with Gasteiger partial charge in [-0.15, -0.1) is 0 Å². The summed E-state index contributed by atoms with van der Waals surface area (Å²) in [5, 5.41) is 3.38. The van der Waals surface area contributed by atoms with Crippen molar-refractivity contribution in [1.29, 1.82) is 0 Å². The van der Waals surface area contributed by atoms with Crippen LogP contribution in [0.15, 0.2) is 54.6 Å². The Bertz CT molecular complexity index is 695. The van der Waals surface area contributed by atoms with Gasteiger partial charge in [0, 0.05) is 24.4 Å². The van der Waals surface area contributed by atoms with Crippen molar-refractivity contribution >= 4 is 17.7 Å². The number of ether oxygens (including phenoxy) is 2. The van der Waals surface area contributed by atoms with Gasteiger partial charge < -0.3 is 14.8 Å². The molecule has 4 heteroatoms. The summed E-state index contributed by atoms with van der Waals surface area (Å²) in [6.07, 6.45) is 3.21. The molecule has 1 N–H and O–H groups in total. The number of esters is 1. The van der Waals surface area contributed by atoms with Crippen LogP contribution in [-0.2, 0) is 16.1 Å². The predicted molar refractivity (Wildman–Crippen MR) is 97.0 cm³/mol. The lowest BCUT2D eigenvalue weighted by atomic mass is 10.1. The Balaban J connectivity index is 1.97. The number of carbonyl (C=O) groups excluding carboxylic acids is 1. The highest BCUT2D eigenvalue weighted by molar-refractivity contribution is 5.87. The fourth-order valence-electron chi connectivity index (χ4n) is 2.23. The first-order valence-corrected chi connectivity index (χ1v) is 8.11. The largest absolute Gasteiger partial charge is 0.494 e. The van der Waals surface area contributed by atoms with Crippen molar-refractivity contribution in [3.8, 4) is 5.75 Å². The van der Waals surface area contributed by atoms with Gasteiger partial charge in [0.2, 0.25) is 0 Å². The Labute approximate surface area is 143 Å². The van der Waals surface area contributed by atoms with Gasteiger partial charge in [0.1, 0.15) is 5.75 Å². The first kappa shape index (κ1) is 17.6. The number of anilines is 1.